The fourth-order valence-corrected chi connectivity index (χ4v) is 4.90. The first-order valence-electron chi connectivity index (χ1n) is 9.57. The Morgan fingerprint density at radius 2 is 1.59 bits per heavy atom. The Kier molecular flexibility index (Phi) is 5.24. The van der Waals surface area contributed by atoms with E-state index in [9.17, 15) is 12.8 Å². The maximum atomic E-state index is 13.4. The molecule has 0 saturated heterocycles. The first-order chi connectivity index (χ1) is 13.9. The molecule has 148 valence electrons. The van der Waals surface area contributed by atoms with Crippen molar-refractivity contribution in [2.24, 2.45) is 0 Å². The van der Waals surface area contributed by atoms with Crippen LogP contribution >= 0.6 is 0 Å². The van der Waals surface area contributed by atoms with Gasteiger partial charge in [-0.15, -0.1) is 0 Å². The van der Waals surface area contributed by atoms with Crippen LogP contribution in [-0.2, 0) is 10.0 Å². The molecule has 1 aliphatic rings. The molecular formula is C24H22FNO2S. The number of allylic oxidation sites excluding steroid dienone is 1. The van der Waals surface area contributed by atoms with Crippen molar-refractivity contribution < 1.29 is 12.8 Å². The molecule has 0 amide bonds. The summed E-state index contributed by atoms with van der Waals surface area (Å²) in [5, 5.41) is 0. The largest absolute Gasteiger partial charge is 0.268 e. The van der Waals surface area contributed by atoms with Crippen LogP contribution in [0.3, 0.4) is 0 Å². The molecule has 3 aromatic rings. The smallest absolute Gasteiger partial charge is 0.242 e. The molecule has 29 heavy (non-hydrogen) atoms. The van der Waals surface area contributed by atoms with Crippen molar-refractivity contribution >= 4 is 15.7 Å². The van der Waals surface area contributed by atoms with Gasteiger partial charge in [0.25, 0.3) is 10.0 Å². The molecule has 0 unspecified atom stereocenters. The Balaban J connectivity index is 1.75. The first kappa shape index (κ1) is 19.4. The molecule has 0 N–H and O–H groups in total. The third-order valence-electron chi connectivity index (χ3n) is 5.31. The van der Waals surface area contributed by atoms with Crippen LogP contribution in [0.2, 0.25) is 0 Å². The number of sulfonamides is 1. The minimum Gasteiger partial charge on any atom is -0.242 e. The highest BCUT2D eigenvalue weighted by Crippen LogP contribution is 2.43. The molecule has 1 atom stereocenters. The van der Waals surface area contributed by atoms with E-state index in [1.54, 1.807) is 54.7 Å². The van der Waals surface area contributed by atoms with E-state index in [-0.39, 0.29) is 16.6 Å². The Bertz CT molecular complexity index is 1120. The summed E-state index contributed by atoms with van der Waals surface area (Å²) in [6, 6.07) is 22.4. The van der Waals surface area contributed by atoms with Crippen molar-refractivity contribution in [1.29, 1.82) is 0 Å². The second-order valence-corrected chi connectivity index (χ2v) is 9.11. The van der Waals surface area contributed by atoms with Gasteiger partial charge in [-0.25, -0.2) is 17.1 Å². The lowest BCUT2D eigenvalue weighted by molar-refractivity contribution is 0.557. The molecule has 1 saturated carbocycles. The van der Waals surface area contributed by atoms with Crippen molar-refractivity contribution in [1.82, 2.24) is 0 Å². The van der Waals surface area contributed by atoms with Crippen LogP contribution < -0.4 is 4.31 Å². The molecule has 3 aromatic carbocycles. The van der Waals surface area contributed by atoms with Crippen molar-refractivity contribution in [3.8, 4) is 0 Å². The highest BCUT2D eigenvalue weighted by Gasteiger charge is 2.30. The summed E-state index contributed by atoms with van der Waals surface area (Å²) in [6.07, 6.45) is 3.47. The van der Waals surface area contributed by atoms with Crippen molar-refractivity contribution in [3.63, 3.8) is 0 Å². The Hall–Kier alpha value is -2.92. The van der Waals surface area contributed by atoms with Crippen LogP contribution in [0.25, 0.3) is 0 Å². The molecule has 0 spiro atoms. The molecule has 4 rings (SSSR count). The zero-order valence-corrected chi connectivity index (χ0v) is 16.9. The molecule has 5 heteroatoms. The minimum absolute atomic E-state index is 0.107. The maximum absolute atomic E-state index is 13.4. The van der Waals surface area contributed by atoms with Crippen LogP contribution in [0.4, 0.5) is 10.1 Å². The van der Waals surface area contributed by atoms with Gasteiger partial charge in [0.2, 0.25) is 0 Å². The van der Waals surface area contributed by atoms with E-state index in [0.717, 1.165) is 29.5 Å². The maximum Gasteiger partial charge on any atom is 0.268 e. The Morgan fingerprint density at radius 3 is 2.17 bits per heavy atom. The molecule has 0 radical (unpaired) electrons. The summed E-state index contributed by atoms with van der Waals surface area (Å²) in [5.74, 6) is -0.165. The molecule has 3 nitrogen and oxygen atoms in total. The summed E-state index contributed by atoms with van der Waals surface area (Å²) >= 11 is 0. The van der Waals surface area contributed by atoms with Gasteiger partial charge >= 0.3 is 0 Å². The standard InChI is InChI=1S/C24H22FNO2S/c1-18-7-14-23(15-8-18)29(27,28)26(22-5-3-2-4-6-22)17-20-11-16-24(20)19-9-12-21(25)13-10-19/h2-10,12-15,17,24H,11,16H2,1H3/b20-17-/t24-/m1/s1. The van der Waals surface area contributed by atoms with Crippen LogP contribution in [0.5, 0.6) is 0 Å². The molecule has 1 fully saturated rings. The summed E-state index contributed by atoms with van der Waals surface area (Å²) in [6.45, 7) is 1.93. The van der Waals surface area contributed by atoms with E-state index in [1.807, 2.05) is 25.1 Å². The van der Waals surface area contributed by atoms with Crippen LogP contribution in [0, 0.1) is 12.7 Å². The van der Waals surface area contributed by atoms with E-state index >= 15 is 0 Å². The van der Waals surface area contributed by atoms with Gasteiger partial charge in [0.15, 0.2) is 0 Å². The number of benzene rings is 3. The number of aryl methyl sites for hydroxylation is 1. The van der Waals surface area contributed by atoms with E-state index in [2.05, 4.69) is 0 Å². The van der Waals surface area contributed by atoms with Gasteiger partial charge in [-0.1, -0.05) is 48.0 Å². The third-order valence-corrected chi connectivity index (χ3v) is 7.02. The monoisotopic (exact) mass is 407 g/mol. The van der Waals surface area contributed by atoms with Gasteiger partial charge in [0.1, 0.15) is 5.82 Å². The van der Waals surface area contributed by atoms with Crippen molar-refractivity contribution in [2.45, 2.75) is 30.6 Å². The highest BCUT2D eigenvalue weighted by atomic mass is 32.2. The third kappa shape index (κ3) is 3.96. The van der Waals surface area contributed by atoms with Crippen LogP contribution in [0.1, 0.15) is 29.9 Å². The van der Waals surface area contributed by atoms with E-state index in [1.165, 1.54) is 16.4 Å². The quantitative estimate of drug-likeness (QED) is 0.537. The fraction of sp³-hybridized carbons (Fsp3) is 0.167. The summed E-state index contributed by atoms with van der Waals surface area (Å²) in [7, 11) is -3.76. The van der Waals surface area contributed by atoms with Gasteiger partial charge in [0.05, 0.1) is 10.6 Å². The zero-order valence-electron chi connectivity index (χ0n) is 16.1. The Labute approximate surface area is 171 Å². The normalized spacial score (nSPS) is 17.7. The fourth-order valence-electron chi connectivity index (χ4n) is 3.52. The van der Waals surface area contributed by atoms with Crippen molar-refractivity contribution in [3.05, 3.63) is 108 Å². The topological polar surface area (TPSA) is 37.4 Å². The van der Waals surface area contributed by atoms with E-state index in [4.69, 9.17) is 0 Å². The molecule has 0 bridgehead atoms. The second-order valence-electron chi connectivity index (χ2n) is 7.30. The molecule has 1 aliphatic carbocycles. The van der Waals surface area contributed by atoms with Gasteiger partial charge < -0.3 is 0 Å². The number of para-hydroxylation sites is 1. The molecule has 0 aliphatic heterocycles. The SMILES string of the molecule is Cc1ccc(S(=O)(=O)N(/C=C2/CC[C@@H]2c2ccc(F)cc2)c2ccccc2)cc1. The number of halogens is 1. The predicted molar refractivity (Wildman–Crippen MR) is 114 cm³/mol. The van der Waals surface area contributed by atoms with Crippen LogP contribution in [0.15, 0.2) is 95.5 Å². The average Bonchev–Trinajstić information content (AvgIpc) is 2.70. The summed E-state index contributed by atoms with van der Waals surface area (Å²) < 4.78 is 41.5. The summed E-state index contributed by atoms with van der Waals surface area (Å²) in [4.78, 5) is 0.251. The Morgan fingerprint density at radius 1 is 0.931 bits per heavy atom. The number of rotatable bonds is 5. The van der Waals surface area contributed by atoms with E-state index in [0.29, 0.717) is 5.69 Å². The second kappa shape index (κ2) is 7.84. The first-order valence-corrected chi connectivity index (χ1v) is 11.0. The minimum atomic E-state index is -3.76. The van der Waals surface area contributed by atoms with Gasteiger partial charge in [-0.05, 0) is 67.3 Å². The van der Waals surface area contributed by atoms with Gasteiger partial charge in [-0.2, -0.15) is 0 Å². The van der Waals surface area contributed by atoms with Gasteiger partial charge in [0, 0.05) is 12.1 Å². The number of hydrogen-bond donors (Lipinski definition) is 0. The molecular weight excluding hydrogens is 385 g/mol. The lowest BCUT2D eigenvalue weighted by Gasteiger charge is -2.33. The number of hydrogen-bond acceptors (Lipinski definition) is 2. The number of nitrogens with zero attached hydrogens (tertiary/aromatic N) is 1. The summed E-state index contributed by atoms with van der Waals surface area (Å²) in [5.41, 5.74) is 3.62. The van der Waals surface area contributed by atoms with Crippen molar-refractivity contribution in [2.75, 3.05) is 4.31 Å². The predicted octanol–water partition coefficient (Wildman–Crippen LogP) is 5.79. The lowest BCUT2D eigenvalue weighted by atomic mass is 9.75. The van der Waals surface area contributed by atoms with Gasteiger partial charge in [-0.3, -0.25) is 0 Å². The molecule has 0 aromatic heterocycles. The average molecular weight is 408 g/mol. The zero-order chi connectivity index (χ0) is 20.4. The van der Waals surface area contributed by atoms with E-state index < -0.39 is 10.0 Å². The number of anilines is 1. The lowest BCUT2D eigenvalue weighted by Crippen LogP contribution is -2.28. The van der Waals surface area contributed by atoms with Crippen LogP contribution in [-0.4, -0.2) is 8.42 Å². The molecule has 0 heterocycles. The highest BCUT2D eigenvalue weighted by molar-refractivity contribution is 7.93.